The van der Waals surface area contributed by atoms with Gasteiger partial charge in [-0.3, -0.25) is 4.98 Å². The summed E-state index contributed by atoms with van der Waals surface area (Å²) in [7, 11) is 1.98. The molecule has 0 radical (unpaired) electrons. The predicted molar refractivity (Wildman–Crippen MR) is 72.8 cm³/mol. The third-order valence-corrected chi connectivity index (χ3v) is 2.77. The fourth-order valence-corrected chi connectivity index (χ4v) is 1.85. The SMILES string of the molecule is CCc1nc(Cl)cc(N(C)Cc2cccnc2)n1. The van der Waals surface area contributed by atoms with Crippen molar-refractivity contribution in [2.75, 3.05) is 11.9 Å². The van der Waals surface area contributed by atoms with Crippen LogP contribution >= 0.6 is 11.6 Å². The van der Waals surface area contributed by atoms with Gasteiger partial charge in [-0.15, -0.1) is 0 Å². The van der Waals surface area contributed by atoms with Crippen LogP contribution < -0.4 is 4.90 Å². The molecule has 0 saturated heterocycles. The van der Waals surface area contributed by atoms with E-state index in [4.69, 9.17) is 11.6 Å². The van der Waals surface area contributed by atoms with E-state index < -0.39 is 0 Å². The van der Waals surface area contributed by atoms with Gasteiger partial charge < -0.3 is 4.90 Å². The lowest BCUT2D eigenvalue weighted by atomic mass is 10.3. The van der Waals surface area contributed by atoms with Gasteiger partial charge in [0.25, 0.3) is 0 Å². The monoisotopic (exact) mass is 262 g/mol. The first-order chi connectivity index (χ1) is 8.69. The van der Waals surface area contributed by atoms with E-state index in [-0.39, 0.29) is 0 Å². The van der Waals surface area contributed by atoms with Crippen molar-refractivity contribution in [3.63, 3.8) is 0 Å². The summed E-state index contributed by atoms with van der Waals surface area (Å²) in [6, 6.07) is 5.73. The Morgan fingerprint density at radius 1 is 1.33 bits per heavy atom. The Morgan fingerprint density at radius 2 is 2.17 bits per heavy atom. The van der Waals surface area contributed by atoms with Crippen molar-refractivity contribution < 1.29 is 0 Å². The number of hydrogen-bond donors (Lipinski definition) is 0. The lowest BCUT2D eigenvalue weighted by Gasteiger charge is -2.18. The van der Waals surface area contributed by atoms with Crippen molar-refractivity contribution in [2.24, 2.45) is 0 Å². The zero-order valence-electron chi connectivity index (χ0n) is 10.5. The van der Waals surface area contributed by atoms with Gasteiger partial charge in [0.05, 0.1) is 0 Å². The number of rotatable bonds is 4. The lowest BCUT2D eigenvalue weighted by Crippen LogP contribution is -2.18. The third kappa shape index (κ3) is 3.17. The molecule has 0 aliphatic rings. The third-order valence-electron chi connectivity index (χ3n) is 2.58. The highest BCUT2D eigenvalue weighted by Crippen LogP contribution is 2.17. The lowest BCUT2D eigenvalue weighted by molar-refractivity contribution is 0.855. The molecule has 0 unspecified atom stereocenters. The Kier molecular flexibility index (Phi) is 4.10. The first kappa shape index (κ1) is 12.8. The molecule has 0 bridgehead atoms. The molecule has 0 spiro atoms. The molecule has 94 valence electrons. The topological polar surface area (TPSA) is 41.9 Å². The second kappa shape index (κ2) is 5.78. The average Bonchev–Trinajstić information content (AvgIpc) is 2.39. The van der Waals surface area contributed by atoms with E-state index in [0.29, 0.717) is 5.15 Å². The molecule has 4 nitrogen and oxygen atoms in total. The molecule has 18 heavy (non-hydrogen) atoms. The number of anilines is 1. The van der Waals surface area contributed by atoms with Crippen molar-refractivity contribution in [1.29, 1.82) is 0 Å². The quantitative estimate of drug-likeness (QED) is 0.795. The first-order valence-corrected chi connectivity index (χ1v) is 6.20. The maximum absolute atomic E-state index is 5.99. The average molecular weight is 263 g/mol. The molecule has 2 aromatic heterocycles. The van der Waals surface area contributed by atoms with E-state index in [0.717, 1.165) is 30.2 Å². The number of hydrogen-bond acceptors (Lipinski definition) is 4. The van der Waals surface area contributed by atoms with E-state index >= 15 is 0 Å². The zero-order chi connectivity index (χ0) is 13.0. The normalized spacial score (nSPS) is 10.4. The van der Waals surface area contributed by atoms with Gasteiger partial charge in [0.15, 0.2) is 0 Å². The minimum atomic E-state index is 0.481. The first-order valence-electron chi connectivity index (χ1n) is 5.82. The van der Waals surface area contributed by atoms with Crippen molar-refractivity contribution in [1.82, 2.24) is 15.0 Å². The Hall–Kier alpha value is -1.68. The van der Waals surface area contributed by atoms with Crippen LogP contribution in [0.3, 0.4) is 0 Å². The molecule has 0 aliphatic heterocycles. The molecule has 0 saturated carbocycles. The molecule has 0 aliphatic carbocycles. The highest BCUT2D eigenvalue weighted by Gasteiger charge is 2.07. The number of pyridine rings is 1. The summed E-state index contributed by atoms with van der Waals surface area (Å²) in [5.74, 6) is 1.59. The van der Waals surface area contributed by atoms with Crippen LogP contribution in [0.25, 0.3) is 0 Å². The molecule has 2 aromatic rings. The Labute approximate surface area is 112 Å². The Bertz CT molecular complexity index is 516. The predicted octanol–water partition coefficient (Wildman–Crippen LogP) is 2.72. The second-order valence-electron chi connectivity index (χ2n) is 4.04. The van der Waals surface area contributed by atoms with Crippen LogP contribution in [0.1, 0.15) is 18.3 Å². The minimum absolute atomic E-state index is 0.481. The van der Waals surface area contributed by atoms with Crippen molar-refractivity contribution in [3.8, 4) is 0 Å². The molecule has 5 heteroatoms. The van der Waals surface area contributed by atoms with Crippen LogP contribution in [0.2, 0.25) is 5.15 Å². The van der Waals surface area contributed by atoms with Crippen LogP contribution in [0.15, 0.2) is 30.6 Å². The fraction of sp³-hybridized carbons (Fsp3) is 0.308. The molecular formula is C13H15ClN4. The summed E-state index contributed by atoms with van der Waals surface area (Å²) in [5, 5.41) is 0.481. The minimum Gasteiger partial charge on any atom is -0.355 e. The molecular weight excluding hydrogens is 248 g/mol. The summed E-state index contributed by atoms with van der Waals surface area (Å²) in [6.07, 6.45) is 4.38. The van der Waals surface area contributed by atoms with Crippen molar-refractivity contribution >= 4 is 17.4 Å². The van der Waals surface area contributed by atoms with Crippen molar-refractivity contribution in [3.05, 3.63) is 47.1 Å². The van der Waals surface area contributed by atoms with E-state index in [9.17, 15) is 0 Å². The van der Waals surface area contributed by atoms with E-state index in [2.05, 4.69) is 15.0 Å². The van der Waals surface area contributed by atoms with Crippen LogP contribution in [-0.2, 0) is 13.0 Å². The number of halogens is 1. The van der Waals surface area contributed by atoms with Crippen LogP contribution in [0.4, 0.5) is 5.82 Å². The van der Waals surface area contributed by atoms with Gasteiger partial charge in [0, 0.05) is 38.5 Å². The summed E-state index contributed by atoms with van der Waals surface area (Å²) in [6.45, 7) is 2.75. The molecule has 2 heterocycles. The summed E-state index contributed by atoms with van der Waals surface area (Å²) in [5.41, 5.74) is 1.13. The molecule has 0 amide bonds. The fourth-order valence-electron chi connectivity index (χ4n) is 1.65. The number of aryl methyl sites for hydroxylation is 1. The van der Waals surface area contributed by atoms with Gasteiger partial charge in [0.1, 0.15) is 16.8 Å². The molecule has 0 fully saturated rings. The van der Waals surface area contributed by atoms with Gasteiger partial charge in [-0.2, -0.15) is 0 Å². The smallest absolute Gasteiger partial charge is 0.134 e. The summed E-state index contributed by atoms with van der Waals surface area (Å²) < 4.78 is 0. The van der Waals surface area contributed by atoms with E-state index in [1.807, 2.05) is 37.2 Å². The van der Waals surface area contributed by atoms with E-state index in [1.165, 1.54) is 0 Å². The number of aromatic nitrogens is 3. The highest BCUT2D eigenvalue weighted by molar-refractivity contribution is 6.29. The molecule has 0 atom stereocenters. The van der Waals surface area contributed by atoms with Crippen LogP contribution in [0.5, 0.6) is 0 Å². The maximum atomic E-state index is 5.99. The maximum Gasteiger partial charge on any atom is 0.134 e. The van der Waals surface area contributed by atoms with Gasteiger partial charge in [-0.05, 0) is 11.6 Å². The standard InChI is InChI=1S/C13H15ClN4/c1-3-12-16-11(14)7-13(17-12)18(2)9-10-5-4-6-15-8-10/h4-8H,3,9H2,1-2H3. The van der Waals surface area contributed by atoms with Crippen LogP contribution in [-0.4, -0.2) is 22.0 Å². The second-order valence-corrected chi connectivity index (χ2v) is 4.42. The van der Waals surface area contributed by atoms with Gasteiger partial charge in [0.2, 0.25) is 0 Å². The summed E-state index contributed by atoms with van der Waals surface area (Å²) >= 11 is 5.99. The highest BCUT2D eigenvalue weighted by atomic mass is 35.5. The molecule has 2 rings (SSSR count). The Balaban J connectivity index is 2.18. The van der Waals surface area contributed by atoms with E-state index in [1.54, 1.807) is 12.3 Å². The van der Waals surface area contributed by atoms with Gasteiger partial charge >= 0.3 is 0 Å². The summed E-state index contributed by atoms with van der Waals surface area (Å²) in [4.78, 5) is 14.7. The number of nitrogens with zero attached hydrogens (tertiary/aromatic N) is 4. The molecule has 0 aromatic carbocycles. The van der Waals surface area contributed by atoms with Crippen LogP contribution in [0, 0.1) is 0 Å². The van der Waals surface area contributed by atoms with Gasteiger partial charge in [-0.25, -0.2) is 9.97 Å². The molecule has 0 N–H and O–H groups in total. The largest absolute Gasteiger partial charge is 0.355 e. The van der Waals surface area contributed by atoms with Gasteiger partial charge in [-0.1, -0.05) is 24.6 Å². The van der Waals surface area contributed by atoms with Crippen molar-refractivity contribution in [2.45, 2.75) is 19.9 Å². The zero-order valence-corrected chi connectivity index (χ0v) is 11.2. The Morgan fingerprint density at radius 3 is 2.83 bits per heavy atom.